The number of hydrogen-bond acceptors (Lipinski definition) is 5. The number of nitrogens with one attached hydrogen (secondary N) is 1. The molecule has 0 radical (unpaired) electrons. The smallest absolute Gasteiger partial charge is 0.167 e. The number of carbonyl (C=O) groups excluding carboxylic acids is 1. The van der Waals surface area contributed by atoms with E-state index in [4.69, 9.17) is 4.74 Å². The molecule has 0 bridgehead atoms. The fourth-order valence-electron chi connectivity index (χ4n) is 2.84. The number of rotatable bonds is 9. The van der Waals surface area contributed by atoms with Crippen LogP contribution in [-0.4, -0.2) is 61.4 Å². The van der Waals surface area contributed by atoms with Crippen molar-refractivity contribution in [2.75, 3.05) is 32.8 Å². The molecule has 0 aromatic rings. The number of aliphatic hydroxyl groups is 1. The first-order valence-corrected chi connectivity index (χ1v) is 7.74. The maximum absolute atomic E-state index is 11.4. The van der Waals surface area contributed by atoms with Crippen LogP contribution >= 0.6 is 0 Å². The minimum Gasteiger partial charge on any atom is -0.396 e. The maximum Gasteiger partial charge on any atom is 0.167 e. The van der Waals surface area contributed by atoms with Gasteiger partial charge in [0, 0.05) is 24.5 Å². The van der Waals surface area contributed by atoms with Gasteiger partial charge < -0.3 is 15.2 Å². The zero-order valence-corrected chi connectivity index (χ0v) is 12.7. The van der Waals surface area contributed by atoms with Crippen LogP contribution in [0.3, 0.4) is 0 Å². The minimum atomic E-state index is -0.464. The zero-order valence-electron chi connectivity index (χ0n) is 12.7. The van der Waals surface area contributed by atoms with Gasteiger partial charge in [-0.2, -0.15) is 0 Å². The molecule has 0 aromatic carbocycles. The summed E-state index contributed by atoms with van der Waals surface area (Å²) < 4.78 is 5.77. The molecule has 2 fully saturated rings. The topological polar surface area (TPSA) is 61.8 Å². The highest BCUT2D eigenvalue weighted by atomic mass is 16.5. The van der Waals surface area contributed by atoms with Crippen molar-refractivity contribution >= 4 is 6.29 Å². The Morgan fingerprint density at radius 3 is 2.70 bits per heavy atom. The van der Waals surface area contributed by atoms with Gasteiger partial charge >= 0.3 is 0 Å². The molecule has 2 atom stereocenters. The third kappa shape index (κ3) is 4.01. The molecule has 2 N–H and O–H groups in total. The Balaban J connectivity index is 1.99. The van der Waals surface area contributed by atoms with Crippen LogP contribution < -0.4 is 5.32 Å². The van der Waals surface area contributed by atoms with E-state index in [1.165, 1.54) is 0 Å². The van der Waals surface area contributed by atoms with Crippen LogP contribution in [0.4, 0.5) is 0 Å². The van der Waals surface area contributed by atoms with E-state index in [1.54, 1.807) is 0 Å². The predicted octanol–water partition coefficient (Wildman–Crippen LogP) is 0.620. The molecule has 0 amide bonds. The Bertz CT molecular complexity index is 312. The molecule has 1 heterocycles. The van der Waals surface area contributed by atoms with Crippen molar-refractivity contribution in [1.82, 2.24) is 10.2 Å². The standard InChI is InChI=1S/C15H28N2O3/c1-12(2)8-20-14(7-18)17(13-3-4-13)10-15(11-19)5-6-16-9-15/h7,12-14,16,19H,3-6,8-11H2,1-2H3/t14-,15?/m0/s1. The lowest BCUT2D eigenvalue weighted by molar-refractivity contribution is -0.137. The first-order chi connectivity index (χ1) is 9.60. The van der Waals surface area contributed by atoms with Crippen molar-refractivity contribution in [1.29, 1.82) is 0 Å². The molecular weight excluding hydrogens is 256 g/mol. The third-order valence-electron chi connectivity index (χ3n) is 4.24. The van der Waals surface area contributed by atoms with Gasteiger partial charge in [-0.3, -0.25) is 9.69 Å². The number of aliphatic hydroxyl groups excluding tert-OH is 1. The van der Waals surface area contributed by atoms with Crippen LogP contribution in [0, 0.1) is 11.3 Å². The van der Waals surface area contributed by atoms with Crippen LogP contribution in [0.1, 0.15) is 33.1 Å². The van der Waals surface area contributed by atoms with Crippen molar-refractivity contribution in [2.45, 2.75) is 45.4 Å². The summed E-state index contributed by atoms with van der Waals surface area (Å²) in [5, 5.41) is 13.1. The lowest BCUT2D eigenvalue weighted by Gasteiger charge is -2.36. The summed E-state index contributed by atoms with van der Waals surface area (Å²) in [5.41, 5.74) is -0.120. The van der Waals surface area contributed by atoms with Crippen molar-refractivity contribution in [3.63, 3.8) is 0 Å². The van der Waals surface area contributed by atoms with Crippen LogP contribution in [0.25, 0.3) is 0 Å². The summed E-state index contributed by atoms with van der Waals surface area (Å²) in [6.07, 6.45) is 3.67. The largest absolute Gasteiger partial charge is 0.396 e. The summed E-state index contributed by atoms with van der Waals surface area (Å²) >= 11 is 0. The first kappa shape index (κ1) is 15.9. The fourth-order valence-corrected chi connectivity index (χ4v) is 2.84. The quantitative estimate of drug-likeness (QED) is 0.480. The molecule has 1 aliphatic carbocycles. The SMILES string of the molecule is CC(C)CO[C@@H](C=O)N(CC1(CO)CCNC1)C1CC1. The summed E-state index contributed by atoms with van der Waals surface area (Å²) in [6.45, 7) is 7.43. The Labute approximate surface area is 121 Å². The van der Waals surface area contributed by atoms with Gasteiger partial charge in [0.15, 0.2) is 12.5 Å². The highest BCUT2D eigenvalue weighted by Gasteiger charge is 2.42. The van der Waals surface area contributed by atoms with Gasteiger partial charge in [0.25, 0.3) is 0 Å². The Morgan fingerprint density at radius 1 is 1.50 bits per heavy atom. The van der Waals surface area contributed by atoms with Crippen LogP contribution in [0.15, 0.2) is 0 Å². The van der Waals surface area contributed by atoms with E-state index in [0.717, 1.165) is 45.2 Å². The highest BCUT2D eigenvalue weighted by molar-refractivity contribution is 5.55. The van der Waals surface area contributed by atoms with E-state index in [1.807, 2.05) is 0 Å². The Kier molecular flexibility index (Phi) is 5.55. The van der Waals surface area contributed by atoms with Gasteiger partial charge in [-0.25, -0.2) is 0 Å². The molecule has 116 valence electrons. The number of nitrogens with zero attached hydrogens (tertiary/aromatic N) is 1. The molecule has 2 aliphatic rings. The van der Waals surface area contributed by atoms with E-state index < -0.39 is 6.23 Å². The van der Waals surface area contributed by atoms with Gasteiger partial charge in [0.2, 0.25) is 0 Å². The van der Waals surface area contributed by atoms with Gasteiger partial charge in [-0.15, -0.1) is 0 Å². The Hall–Kier alpha value is -0.490. The fraction of sp³-hybridized carbons (Fsp3) is 0.933. The van der Waals surface area contributed by atoms with Gasteiger partial charge in [-0.1, -0.05) is 13.8 Å². The van der Waals surface area contributed by atoms with Gasteiger partial charge in [0.1, 0.15) is 0 Å². The summed E-state index contributed by atoms with van der Waals surface area (Å²) in [6, 6.07) is 0.446. The Morgan fingerprint density at radius 2 is 2.25 bits per heavy atom. The summed E-state index contributed by atoms with van der Waals surface area (Å²) in [4.78, 5) is 13.6. The first-order valence-electron chi connectivity index (χ1n) is 7.74. The molecule has 1 saturated carbocycles. The second kappa shape index (κ2) is 6.98. The highest BCUT2D eigenvalue weighted by Crippen LogP contribution is 2.34. The average Bonchev–Trinajstić information content (AvgIpc) is 3.17. The molecule has 1 saturated heterocycles. The predicted molar refractivity (Wildman–Crippen MR) is 77.4 cm³/mol. The normalized spacial score (nSPS) is 28.2. The van der Waals surface area contributed by atoms with Crippen LogP contribution in [-0.2, 0) is 9.53 Å². The molecular formula is C15H28N2O3. The maximum atomic E-state index is 11.4. The number of ether oxygens (including phenoxy) is 1. The van der Waals surface area contributed by atoms with E-state index in [2.05, 4.69) is 24.1 Å². The number of aldehydes is 1. The lowest BCUT2D eigenvalue weighted by Crippen LogP contribution is -2.49. The van der Waals surface area contributed by atoms with Gasteiger partial charge in [-0.05, 0) is 31.7 Å². The van der Waals surface area contributed by atoms with Crippen LogP contribution in [0.5, 0.6) is 0 Å². The zero-order chi connectivity index (χ0) is 14.6. The number of carbonyl (C=O) groups is 1. The molecule has 1 aliphatic heterocycles. The minimum absolute atomic E-state index is 0.120. The molecule has 0 aromatic heterocycles. The molecule has 5 heteroatoms. The molecule has 2 rings (SSSR count). The van der Waals surface area contributed by atoms with E-state index >= 15 is 0 Å². The molecule has 20 heavy (non-hydrogen) atoms. The molecule has 5 nitrogen and oxygen atoms in total. The summed E-state index contributed by atoms with van der Waals surface area (Å²) in [7, 11) is 0. The second-order valence-electron chi connectivity index (χ2n) is 6.74. The van der Waals surface area contributed by atoms with Crippen molar-refractivity contribution in [3.8, 4) is 0 Å². The lowest BCUT2D eigenvalue weighted by atomic mass is 9.87. The van der Waals surface area contributed by atoms with E-state index in [0.29, 0.717) is 18.6 Å². The molecule has 1 unspecified atom stereocenters. The second-order valence-corrected chi connectivity index (χ2v) is 6.74. The number of hydrogen-bond donors (Lipinski definition) is 2. The molecule has 0 spiro atoms. The summed E-state index contributed by atoms with van der Waals surface area (Å²) in [5.74, 6) is 0.415. The monoisotopic (exact) mass is 284 g/mol. The van der Waals surface area contributed by atoms with Crippen molar-refractivity contribution < 1.29 is 14.6 Å². The van der Waals surface area contributed by atoms with Crippen molar-refractivity contribution in [2.24, 2.45) is 11.3 Å². The van der Waals surface area contributed by atoms with E-state index in [9.17, 15) is 9.90 Å². The van der Waals surface area contributed by atoms with E-state index in [-0.39, 0.29) is 12.0 Å². The van der Waals surface area contributed by atoms with Crippen molar-refractivity contribution in [3.05, 3.63) is 0 Å². The van der Waals surface area contributed by atoms with Gasteiger partial charge in [0.05, 0.1) is 13.2 Å². The van der Waals surface area contributed by atoms with Crippen LogP contribution in [0.2, 0.25) is 0 Å². The third-order valence-corrected chi connectivity index (χ3v) is 4.24. The average molecular weight is 284 g/mol.